The van der Waals surface area contributed by atoms with E-state index in [4.69, 9.17) is 5.11 Å². The van der Waals surface area contributed by atoms with Crippen LogP contribution in [0.4, 0.5) is 5.95 Å². The van der Waals surface area contributed by atoms with Gasteiger partial charge in [-0.05, 0) is 29.9 Å². The summed E-state index contributed by atoms with van der Waals surface area (Å²) >= 11 is 0. The number of benzene rings is 1. The maximum Gasteiger partial charge on any atom is 0.303 e. The van der Waals surface area contributed by atoms with Gasteiger partial charge in [0.2, 0.25) is 17.8 Å². The van der Waals surface area contributed by atoms with Crippen molar-refractivity contribution in [3.8, 4) is 0 Å². The van der Waals surface area contributed by atoms with Crippen LogP contribution in [0.2, 0.25) is 0 Å². The molecule has 9 nitrogen and oxygen atoms in total. The second-order valence-electron chi connectivity index (χ2n) is 8.68. The highest BCUT2D eigenvalue weighted by Gasteiger charge is 2.26. The summed E-state index contributed by atoms with van der Waals surface area (Å²) in [5.74, 6) is -1.34. The number of aliphatic carboxylic acids is 1. The van der Waals surface area contributed by atoms with Crippen LogP contribution >= 0.6 is 0 Å². The van der Waals surface area contributed by atoms with Crippen LogP contribution in [0.1, 0.15) is 51.0 Å². The number of hydrogen-bond donors (Lipinski definition) is 4. The molecule has 178 valence electrons. The average molecular weight is 456 g/mol. The Bertz CT molecular complexity index is 890. The third-order valence-electron chi connectivity index (χ3n) is 5.04. The molecule has 2 rings (SSSR count). The van der Waals surface area contributed by atoms with Crippen molar-refractivity contribution in [1.82, 2.24) is 20.6 Å². The molecule has 0 saturated carbocycles. The van der Waals surface area contributed by atoms with Crippen LogP contribution in [0.15, 0.2) is 48.8 Å². The van der Waals surface area contributed by atoms with Crippen LogP contribution in [-0.2, 0) is 14.4 Å². The molecule has 0 bridgehead atoms. The Morgan fingerprint density at radius 1 is 0.939 bits per heavy atom. The molecule has 0 spiro atoms. The fourth-order valence-corrected chi connectivity index (χ4v) is 3.41. The van der Waals surface area contributed by atoms with Crippen LogP contribution in [-0.4, -0.2) is 52.5 Å². The van der Waals surface area contributed by atoms with E-state index in [1.54, 1.807) is 32.3 Å². The molecule has 0 aliphatic heterocycles. The summed E-state index contributed by atoms with van der Waals surface area (Å²) in [5.41, 5.74) is 0.141. The summed E-state index contributed by atoms with van der Waals surface area (Å²) in [5, 5.41) is 17.9. The number of amides is 2. The fraction of sp³-hybridized carbons (Fsp3) is 0.458. The van der Waals surface area contributed by atoms with Gasteiger partial charge in [-0.15, -0.1) is 0 Å². The minimum Gasteiger partial charge on any atom is -0.481 e. The third kappa shape index (κ3) is 10.1. The van der Waals surface area contributed by atoms with Gasteiger partial charge in [0.15, 0.2) is 0 Å². The van der Waals surface area contributed by atoms with Crippen LogP contribution < -0.4 is 16.0 Å². The third-order valence-corrected chi connectivity index (χ3v) is 5.04. The first kappa shape index (κ1) is 25.8. The molecule has 2 amide bonds. The Balaban J connectivity index is 1.81. The van der Waals surface area contributed by atoms with E-state index in [2.05, 4.69) is 25.9 Å². The van der Waals surface area contributed by atoms with Gasteiger partial charge in [0, 0.05) is 38.4 Å². The van der Waals surface area contributed by atoms with Crippen LogP contribution in [0.3, 0.4) is 0 Å². The zero-order chi connectivity index (χ0) is 24.1. The predicted octanol–water partition coefficient (Wildman–Crippen LogP) is 2.58. The smallest absolute Gasteiger partial charge is 0.303 e. The van der Waals surface area contributed by atoms with E-state index < -0.39 is 17.3 Å². The van der Waals surface area contributed by atoms with E-state index in [0.29, 0.717) is 19.0 Å². The Kier molecular flexibility index (Phi) is 10.3. The van der Waals surface area contributed by atoms with Gasteiger partial charge >= 0.3 is 5.97 Å². The number of anilines is 1. The summed E-state index contributed by atoms with van der Waals surface area (Å²) in [6.45, 7) is 4.83. The monoisotopic (exact) mass is 455 g/mol. The zero-order valence-electron chi connectivity index (χ0n) is 19.2. The average Bonchev–Trinajstić information content (AvgIpc) is 2.76. The molecule has 0 fully saturated rings. The number of aromatic nitrogens is 2. The number of carboxylic acid groups (broad SMARTS) is 1. The molecular weight excluding hydrogens is 422 g/mol. The summed E-state index contributed by atoms with van der Waals surface area (Å²) in [7, 11) is 0. The van der Waals surface area contributed by atoms with Crippen molar-refractivity contribution in [2.24, 2.45) is 5.41 Å². The molecule has 1 aromatic carbocycles. The van der Waals surface area contributed by atoms with Crippen molar-refractivity contribution in [2.45, 2.75) is 45.4 Å². The summed E-state index contributed by atoms with van der Waals surface area (Å²) in [4.78, 5) is 44.4. The summed E-state index contributed by atoms with van der Waals surface area (Å²) in [6.07, 6.45) is 4.93. The second kappa shape index (κ2) is 13.1. The number of carboxylic acids is 1. The van der Waals surface area contributed by atoms with Crippen molar-refractivity contribution in [1.29, 1.82) is 0 Å². The summed E-state index contributed by atoms with van der Waals surface area (Å²) < 4.78 is 0. The number of carbonyl (C=O) groups excluding carboxylic acids is 2. The van der Waals surface area contributed by atoms with Crippen molar-refractivity contribution < 1.29 is 19.5 Å². The number of unbranched alkanes of at least 4 members (excludes halogenated alkanes) is 1. The van der Waals surface area contributed by atoms with Crippen LogP contribution in [0.5, 0.6) is 0 Å². The zero-order valence-corrected chi connectivity index (χ0v) is 19.2. The second-order valence-corrected chi connectivity index (χ2v) is 8.68. The molecule has 1 atom stereocenters. The maximum absolute atomic E-state index is 12.9. The van der Waals surface area contributed by atoms with Gasteiger partial charge in [0.1, 0.15) is 0 Å². The molecule has 1 aromatic heterocycles. The van der Waals surface area contributed by atoms with Gasteiger partial charge in [-0.2, -0.15) is 0 Å². The molecule has 0 unspecified atom stereocenters. The van der Waals surface area contributed by atoms with Crippen molar-refractivity contribution >= 4 is 23.7 Å². The van der Waals surface area contributed by atoms with Gasteiger partial charge in [-0.3, -0.25) is 14.4 Å². The predicted molar refractivity (Wildman–Crippen MR) is 126 cm³/mol. The molecule has 0 aliphatic carbocycles. The lowest BCUT2D eigenvalue weighted by atomic mass is 9.85. The molecule has 0 saturated heterocycles. The number of nitrogens with zero attached hydrogens (tertiary/aromatic N) is 2. The molecule has 33 heavy (non-hydrogen) atoms. The normalized spacial score (nSPS) is 11.9. The van der Waals surface area contributed by atoms with Crippen molar-refractivity contribution in [2.75, 3.05) is 25.0 Å². The Labute approximate surface area is 194 Å². The fourth-order valence-electron chi connectivity index (χ4n) is 3.41. The molecule has 0 radical (unpaired) electrons. The number of carbonyl (C=O) groups is 3. The minimum atomic E-state index is -0.944. The minimum absolute atomic E-state index is 0.0700. The van der Waals surface area contributed by atoms with Crippen molar-refractivity contribution in [3.05, 3.63) is 54.4 Å². The topological polar surface area (TPSA) is 133 Å². The molecule has 9 heteroatoms. The molecule has 2 aromatic rings. The lowest BCUT2D eigenvalue weighted by Crippen LogP contribution is -2.39. The van der Waals surface area contributed by atoms with E-state index in [9.17, 15) is 14.4 Å². The summed E-state index contributed by atoms with van der Waals surface area (Å²) in [6, 6.07) is 11.0. The first-order chi connectivity index (χ1) is 15.8. The first-order valence-electron chi connectivity index (χ1n) is 11.1. The van der Waals surface area contributed by atoms with Crippen molar-refractivity contribution in [3.63, 3.8) is 0 Å². The standard InChI is InChI=1S/C24H33N5O4/c1-24(2,16-21(31)32)15-20(30)29-17-19(18-9-4-3-5-10-18)22(33)25-11-6-7-12-26-23-27-13-8-14-28-23/h3-5,8-10,13-14,19H,6-7,11-12,15-17H2,1-2H3,(H,25,33)(H,29,30)(H,31,32)(H,26,27,28)/t19-/m1/s1. The first-order valence-corrected chi connectivity index (χ1v) is 11.1. The number of rotatable bonds is 14. The SMILES string of the molecule is CC(C)(CC(=O)O)CC(=O)NC[C@@H](C(=O)NCCCCNc1ncccn1)c1ccccc1. The van der Waals surface area contributed by atoms with Crippen LogP contribution in [0.25, 0.3) is 0 Å². The Morgan fingerprint density at radius 2 is 1.61 bits per heavy atom. The Hall–Kier alpha value is -3.49. The van der Waals surface area contributed by atoms with E-state index in [1.165, 1.54) is 0 Å². The highest BCUT2D eigenvalue weighted by Crippen LogP contribution is 2.25. The quantitative estimate of drug-likeness (QED) is 0.322. The van der Waals surface area contributed by atoms with Gasteiger partial charge < -0.3 is 21.1 Å². The van der Waals surface area contributed by atoms with Crippen LogP contribution in [0, 0.1) is 5.41 Å². The largest absolute Gasteiger partial charge is 0.481 e. The van der Waals surface area contributed by atoms with E-state index in [0.717, 1.165) is 18.4 Å². The van der Waals surface area contributed by atoms with Gasteiger partial charge in [-0.1, -0.05) is 44.2 Å². The highest BCUT2D eigenvalue weighted by molar-refractivity contribution is 5.85. The van der Waals surface area contributed by atoms with E-state index in [1.807, 2.05) is 30.3 Å². The highest BCUT2D eigenvalue weighted by atomic mass is 16.4. The van der Waals surface area contributed by atoms with Gasteiger partial charge in [0.25, 0.3) is 0 Å². The van der Waals surface area contributed by atoms with E-state index in [-0.39, 0.29) is 31.2 Å². The molecule has 1 heterocycles. The van der Waals surface area contributed by atoms with Gasteiger partial charge in [0.05, 0.1) is 12.3 Å². The van der Waals surface area contributed by atoms with E-state index >= 15 is 0 Å². The lowest BCUT2D eigenvalue weighted by Gasteiger charge is -2.23. The molecule has 0 aliphatic rings. The Morgan fingerprint density at radius 3 is 2.27 bits per heavy atom. The van der Waals surface area contributed by atoms with Gasteiger partial charge in [-0.25, -0.2) is 9.97 Å². The number of hydrogen-bond acceptors (Lipinski definition) is 6. The molecule has 4 N–H and O–H groups in total. The lowest BCUT2D eigenvalue weighted by molar-refractivity contribution is -0.139. The number of nitrogens with one attached hydrogen (secondary N) is 3. The molecular formula is C24H33N5O4. The maximum atomic E-state index is 12.9.